The van der Waals surface area contributed by atoms with Crippen molar-refractivity contribution in [3.63, 3.8) is 0 Å². The van der Waals surface area contributed by atoms with Crippen molar-refractivity contribution in [3.8, 4) is 0 Å². The monoisotopic (exact) mass is 308 g/mol. The summed E-state index contributed by atoms with van der Waals surface area (Å²) in [6, 6.07) is 0. The summed E-state index contributed by atoms with van der Waals surface area (Å²) in [5.74, 6) is 1.83. The molecule has 0 spiro atoms. The number of hydrogen-bond acceptors (Lipinski definition) is 6. The summed E-state index contributed by atoms with van der Waals surface area (Å²) >= 11 is 3.29. The number of hydrogen-bond donors (Lipinski definition) is 1. The second-order valence-corrected chi connectivity index (χ2v) is 6.65. The van der Waals surface area contributed by atoms with E-state index in [-0.39, 0.29) is 0 Å². The van der Waals surface area contributed by atoms with Crippen molar-refractivity contribution >= 4 is 28.9 Å². The van der Waals surface area contributed by atoms with E-state index in [0.717, 1.165) is 51.7 Å². The molecular formula is C14H20N4S2. The smallest absolute Gasteiger partial charge is 0.156 e. The molecule has 0 unspecified atom stereocenters. The fourth-order valence-corrected chi connectivity index (χ4v) is 3.53. The molecule has 0 atom stereocenters. The minimum atomic E-state index is 0.839. The molecule has 0 fully saturated rings. The Labute approximate surface area is 128 Å². The summed E-state index contributed by atoms with van der Waals surface area (Å²) in [7, 11) is 0. The lowest BCUT2D eigenvalue weighted by Crippen LogP contribution is -2.08. The van der Waals surface area contributed by atoms with Crippen LogP contribution in [-0.2, 0) is 6.42 Å². The maximum atomic E-state index is 4.64. The van der Waals surface area contributed by atoms with Crippen LogP contribution < -0.4 is 5.32 Å². The summed E-state index contributed by atoms with van der Waals surface area (Å²) < 4.78 is 1.03. The van der Waals surface area contributed by atoms with Crippen LogP contribution in [0.15, 0.2) is 14.7 Å². The fraction of sp³-hybridized carbons (Fsp3) is 0.500. The van der Waals surface area contributed by atoms with Crippen LogP contribution in [0.25, 0.3) is 0 Å². The van der Waals surface area contributed by atoms with Gasteiger partial charge in [-0.3, -0.25) is 0 Å². The number of aromatic nitrogens is 3. The Morgan fingerprint density at radius 1 is 1.20 bits per heavy atom. The minimum Gasteiger partial charge on any atom is -0.370 e. The SMILES string of the molecule is CCCNc1nc(CC)nc(Sc2nc(C)cs2)c1C. The van der Waals surface area contributed by atoms with Crippen molar-refractivity contribution in [1.29, 1.82) is 0 Å². The van der Waals surface area contributed by atoms with E-state index >= 15 is 0 Å². The van der Waals surface area contributed by atoms with Gasteiger partial charge in [-0.15, -0.1) is 11.3 Å². The average Bonchev–Trinajstić information content (AvgIpc) is 2.85. The molecule has 4 nitrogen and oxygen atoms in total. The van der Waals surface area contributed by atoms with Crippen LogP contribution in [0, 0.1) is 13.8 Å². The van der Waals surface area contributed by atoms with Gasteiger partial charge in [-0.05, 0) is 32.0 Å². The van der Waals surface area contributed by atoms with Gasteiger partial charge >= 0.3 is 0 Å². The lowest BCUT2D eigenvalue weighted by atomic mass is 10.3. The Morgan fingerprint density at radius 3 is 2.60 bits per heavy atom. The van der Waals surface area contributed by atoms with Crippen molar-refractivity contribution in [1.82, 2.24) is 15.0 Å². The van der Waals surface area contributed by atoms with Crippen molar-refractivity contribution in [2.45, 2.75) is 49.9 Å². The molecule has 0 aliphatic rings. The Bertz CT molecular complexity index is 581. The van der Waals surface area contributed by atoms with Crippen molar-refractivity contribution in [2.24, 2.45) is 0 Å². The highest BCUT2D eigenvalue weighted by Gasteiger charge is 2.12. The molecule has 0 saturated carbocycles. The van der Waals surface area contributed by atoms with E-state index in [1.165, 1.54) is 0 Å². The Morgan fingerprint density at radius 2 is 2.00 bits per heavy atom. The first-order chi connectivity index (χ1) is 9.63. The molecule has 0 amide bonds. The zero-order valence-electron chi connectivity index (χ0n) is 12.4. The van der Waals surface area contributed by atoms with Crippen LogP contribution in [0.3, 0.4) is 0 Å². The lowest BCUT2D eigenvalue weighted by Gasteiger charge is -2.12. The third-order valence-corrected chi connectivity index (χ3v) is 4.94. The van der Waals surface area contributed by atoms with E-state index < -0.39 is 0 Å². The molecule has 2 aromatic heterocycles. The van der Waals surface area contributed by atoms with E-state index in [1.807, 2.05) is 6.92 Å². The van der Waals surface area contributed by atoms with Crippen molar-refractivity contribution < 1.29 is 0 Å². The Balaban J connectivity index is 2.30. The highest BCUT2D eigenvalue weighted by molar-refractivity contribution is 8.01. The molecule has 1 N–H and O–H groups in total. The number of thiazole rings is 1. The van der Waals surface area contributed by atoms with Gasteiger partial charge in [0.05, 0.1) is 0 Å². The summed E-state index contributed by atoms with van der Waals surface area (Å²) in [5, 5.41) is 6.46. The first-order valence-corrected chi connectivity index (χ1v) is 8.55. The number of anilines is 1. The van der Waals surface area contributed by atoms with Gasteiger partial charge in [0.2, 0.25) is 0 Å². The van der Waals surface area contributed by atoms with Gasteiger partial charge < -0.3 is 5.32 Å². The molecule has 2 heterocycles. The second-order valence-electron chi connectivity index (χ2n) is 4.56. The maximum Gasteiger partial charge on any atom is 0.156 e. The average molecular weight is 308 g/mol. The van der Waals surface area contributed by atoms with Gasteiger partial charge in [-0.1, -0.05) is 13.8 Å². The van der Waals surface area contributed by atoms with E-state index in [4.69, 9.17) is 0 Å². The maximum absolute atomic E-state index is 4.64. The first kappa shape index (κ1) is 15.3. The topological polar surface area (TPSA) is 50.7 Å². The molecule has 108 valence electrons. The summed E-state index contributed by atoms with van der Waals surface area (Å²) in [6.45, 7) is 9.25. The Hall–Kier alpha value is -1.14. The summed E-state index contributed by atoms with van der Waals surface area (Å²) in [5.41, 5.74) is 2.16. The third kappa shape index (κ3) is 3.70. The normalized spacial score (nSPS) is 10.8. The van der Waals surface area contributed by atoms with Crippen LogP contribution in [-0.4, -0.2) is 21.5 Å². The zero-order valence-corrected chi connectivity index (χ0v) is 14.0. The first-order valence-electron chi connectivity index (χ1n) is 6.85. The number of aryl methyl sites for hydroxylation is 2. The van der Waals surface area contributed by atoms with Crippen molar-refractivity contribution in [3.05, 3.63) is 22.5 Å². The van der Waals surface area contributed by atoms with Crippen LogP contribution in [0.4, 0.5) is 5.82 Å². The van der Waals surface area contributed by atoms with Gasteiger partial charge in [0.15, 0.2) is 4.34 Å². The molecule has 0 radical (unpaired) electrons. The predicted octanol–water partition coefficient (Wildman–Crippen LogP) is 4.09. The molecule has 0 aliphatic carbocycles. The molecule has 0 bridgehead atoms. The van der Waals surface area contributed by atoms with Gasteiger partial charge in [0.25, 0.3) is 0 Å². The predicted molar refractivity (Wildman–Crippen MR) is 85.9 cm³/mol. The van der Waals surface area contributed by atoms with E-state index in [9.17, 15) is 0 Å². The standard InChI is InChI=1S/C14H20N4S2/c1-5-7-15-12-10(4)13(18-11(6-2)17-12)20-14-16-9(3)8-19-14/h8H,5-7H2,1-4H3,(H,15,17,18). The van der Waals surface area contributed by atoms with Crippen LogP contribution in [0.2, 0.25) is 0 Å². The van der Waals surface area contributed by atoms with Crippen LogP contribution in [0.5, 0.6) is 0 Å². The molecule has 0 aromatic carbocycles. The lowest BCUT2D eigenvalue weighted by molar-refractivity contribution is 0.861. The van der Waals surface area contributed by atoms with Gasteiger partial charge in [-0.25, -0.2) is 15.0 Å². The number of rotatable bonds is 6. The van der Waals surface area contributed by atoms with E-state index in [1.54, 1.807) is 23.1 Å². The highest BCUT2D eigenvalue weighted by atomic mass is 32.2. The number of nitrogens with zero attached hydrogens (tertiary/aromatic N) is 3. The van der Waals surface area contributed by atoms with Crippen molar-refractivity contribution in [2.75, 3.05) is 11.9 Å². The van der Waals surface area contributed by atoms with Crippen LogP contribution in [0.1, 0.15) is 37.4 Å². The Kier molecular flexibility index (Phi) is 5.37. The van der Waals surface area contributed by atoms with Crippen LogP contribution >= 0.6 is 23.1 Å². The van der Waals surface area contributed by atoms with E-state index in [0.29, 0.717) is 0 Å². The second kappa shape index (κ2) is 7.04. The molecule has 0 aliphatic heterocycles. The quantitative estimate of drug-likeness (QED) is 0.815. The summed E-state index contributed by atoms with van der Waals surface area (Å²) in [4.78, 5) is 13.7. The van der Waals surface area contributed by atoms with Gasteiger partial charge in [0.1, 0.15) is 16.7 Å². The molecule has 20 heavy (non-hydrogen) atoms. The number of nitrogens with one attached hydrogen (secondary N) is 1. The van der Waals surface area contributed by atoms with Gasteiger partial charge in [-0.2, -0.15) is 0 Å². The fourth-order valence-electron chi connectivity index (χ4n) is 1.68. The van der Waals surface area contributed by atoms with Gasteiger partial charge in [0, 0.05) is 29.6 Å². The minimum absolute atomic E-state index is 0.839. The molecular weight excluding hydrogens is 288 g/mol. The molecule has 2 rings (SSSR count). The molecule has 0 saturated heterocycles. The highest BCUT2D eigenvalue weighted by Crippen LogP contribution is 2.33. The largest absolute Gasteiger partial charge is 0.370 e. The summed E-state index contributed by atoms with van der Waals surface area (Å²) in [6.07, 6.45) is 1.92. The van der Waals surface area contributed by atoms with E-state index in [2.05, 4.69) is 46.4 Å². The molecule has 2 aromatic rings. The zero-order chi connectivity index (χ0) is 14.5. The molecule has 6 heteroatoms. The third-order valence-electron chi connectivity index (χ3n) is 2.79.